The zero-order chi connectivity index (χ0) is 19.2. The molecule has 3 rings (SSSR count). The summed E-state index contributed by atoms with van der Waals surface area (Å²) in [5, 5.41) is 5.86. The lowest BCUT2D eigenvalue weighted by atomic mass is 10.1. The van der Waals surface area contributed by atoms with Crippen LogP contribution in [-0.2, 0) is 6.42 Å². The normalized spacial score (nSPS) is 10.5. The number of amides is 1. The van der Waals surface area contributed by atoms with Crippen LogP contribution >= 0.6 is 0 Å². The molecule has 0 saturated carbocycles. The van der Waals surface area contributed by atoms with Crippen molar-refractivity contribution in [2.45, 2.75) is 20.3 Å². The lowest BCUT2D eigenvalue weighted by molar-refractivity contribution is 0.0949. The van der Waals surface area contributed by atoms with E-state index in [0.29, 0.717) is 24.5 Å². The first-order valence-electron chi connectivity index (χ1n) is 8.72. The molecule has 6 heteroatoms. The average molecular weight is 364 g/mol. The Balaban J connectivity index is 1.61. The van der Waals surface area contributed by atoms with Gasteiger partial charge >= 0.3 is 0 Å². The van der Waals surface area contributed by atoms with Gasteiger partial charge in [-0.2, -0.15) is 0 Å². The van der Waals surface area contributed by atoms with Gasteiger partial charge in [0.1, 0.15) is 11.5 Å². The highest BCUT2D eigenvalue weighted by Crippen LogP contribution is 2.17. The molecule has 0 bridgehead atoms. The first kappa shape index (κ1) is 18.5. The summed E-state index contributed by atoms with van der Waals surface area (Å²) in [7, 11) is 0. The number of carbonyl (C=O) groups excluding carboxylic acids is 1. The summed E-state index contributed by atoms with van der Waals surface area (Å²) in [6.45, 7) is 4.40. The summed E-state index contributed by atoms with van der Waals surface area (Å²) >= 11 is 0. The Bertz CT molecular complexity index is 958. The number of carbonyl (C=O) groups is 1. The lowest BCUT2D eigenvalue weighted by Gasteiger charge is -2.09. The van der Waals surface area contributed by atoms with Crippen LogP contribution in [0, 0.1) is 19.7 Å². The first-order chi connectivity index (χ1) is 13.0. The van der Waals surface area contributed by atoms with Gasteiger partial charge in [-0.15, -0.1) is 0 Å². The van der Waals surface area contributed by atoms with Gasteiger partial charge in [0.25, 0.3) is 5.91 Å². The van der Waals surface area contributed by atoms with E-state index in [1.165, 1.54) is 17.8 Å². The van der Waals surface area contributed by atoms with E-state index in [-0.39, 0.29) is 17.4 Å². The second kappa shape index (κ2) is 8.40. The van der Waals surface area contributed by atoms with Crippen molar-refractivity contribution in [3.8, 4) is 0 Å². The van der Waals surface area contributed by atoms with Crippen molar-refractivity contribution >= 4 is 17.5 Å². The second-order valence-electron chi connectivity index (χ2n) is 6.29. The molecule has 0 aliphatic heterocycles. The van der Waals surface area contributed by atoms with Crippen molar-refractivity contribution in [3.05, 3.63) is 82.9 Å². The quantitative estimate of drug-likeness (QED) is 0.695. The zero-order valence-electron chi connectivity index (χ0n) is 15.3. The summed E-state index contributed by atoms with van der Waals surface area (Å²) in [6, 6.07) is 14.0. The SMILES string of the molecule is Cc1ccc(Nc2nccc(C(=O)NCCc3ccccc3F)n2)cc1C. The van der Waals surface area contributed by atoms with E-state index in [1.54, 1.807) is 24.3 Å². The van der Waals surface area contributed by atoms with Gasteiger partial charge in [0, 0.05) is 18.4 Å². The lowest BCUT2D eigenvalue weighted by Crippen LogP contribution is -2.27. The summed E-state index contributed by atoms with van der Waals surface area (Å²) in [5.74, 6) is -0.245. The summed E-state index contributed by atoms with van der Waals surface area (Å²) < 4.78 is 13.6. The molecular weight excluding hydrogens is 343 g/mol. The number of rotatable bonds is 6. The number of hydrogen-bond acceptors (Lipinski definition) is 4. The number of anilines is 2. The number of nitrogens with one attached hydrogen (secondary N) is 2. The van der Waals surface area contributed by atoms with Crippen LogP contribution in [0.1, 0.15) is 27.2 Å². The number of aryl methyl sites for hydroxylation is 2. The third kappa shape index (κ3) is 4.88. The maximum Gasteiger partial charge on any atom is 0.270 e. The Morgan fingerprint density at radius 3 is 2.67 bits per heavy atom. The number of hydrogen-bond donors (Lipinski definition) is 2. The van der Waals surface area contributed by atoms with Gasteiger partial charge in [0.15, 0.2) is 0 Å². The molecule has 0 radical (unpaired) electrons. The summed E-state index contributed by atoms with van der Waals surface area (Å²) in [6.07, 6.45) is 1.94. The van der Waals surface area contributed by atoms with Gasteiger partial charge in [-0.3, -0.25) is 4.79 Å². The molecule has 27 heavy (non-hydrogen) atoms. The van der Waals surface area contributed by atoms with Crippen molar-refractivity contribution in [1.82, 2.24) is 15.3 Å². The highest BCUT2D eigenvalue weighted by molar-refractivity contribution is 5.92. The molecule has 1 heterocycles. The average Bonchev–Trinajstić information content (AvgIpc) is 2.66. The largest absolute Gasteiger partial charge is 0.350 e. The topological polar surface area (TPSA) is 66.9 Å². The van der Waals surface area contributed by atoms with Crippen LogP contribution in [0.4, 0.5) is 16.0 Å². The van der Waals surface area contributed by atoms with E-state index >= 15 is 0 Å². The Hall–Kier alpha value is -3.28. The van der Waals surface area contributed by atoms with Crippen LogP contribution in [0.3, 0.4) is 0 Å². The fraction of sp³-hybridized carbons (Fsp3) is 0.190. The predicted molar refractivity (Wildman–Crippen MR) is 104 cm³/mol. The molecule has 2 aromatic carbocycles. The predicted octanol–water partition coefficient (Wildman–Crippen LogP) is 3.95. The molecule has 1 aromatic heterocycles. The number of aromatic nitrogens is 2. The molecule has 5 nitrogen and oxygen atoms in total. The van der Waals surface area contributed by atoms with E-state index in [2.05, 4.69) is 20.6 Å². The van der Waals surface area contributed by atoms with Gasteiger partial charge in [0.05, 0.1) is 0 Å². The molecule has 0 unspecified atom stereocenters. The van der Waals surface area contributed by atoms with Crippen LogP contribution in [0.2, 0.25) is 0 Å². The fourth-order valence-electron chi connectivity index (χ4n) is 2.60. The van der Waals surface area contributed by atoms with Gasteiger partial charge < -0.3 is 10.6 Å². The van der Waals surface area contributed by atoms with Gasteiger partial charge in [-0.05, 0) is 61.2 Å². The highest BCUT2D eigenvalue weighted by atomic mass is 19.1. The minimum absolute atomic E-state index is 0.255. The van der Waals surface area contributed by atoms with Crippen LogP contribution in [0.5, 0.6) is 0 Å². The molecule has 0 aliphatic rings. The van der Waals surface area contributed by atoms with Crippen molar-refractivity contribution in [2.24, 2.45) is 0 Å². The van der Waals surface area contributed by atoms with Gasteiger partial charge in [-0.1, -0.05) is 24.3 Å². The van der Waals surface area contributed by atoms with Crippen molar-refractivity contribution < 1.29 is 9.18 Å². The summed E-state index contributed by atoms with van der Waals surface area (Å²) in [4.78, 5) is 20.7. The standard InChI is InChI=1S/C21H21FN4O/c1-14-7-8-17(13-15(14)2)25-21-24-12-10-19(26-21)20(27)23-11-9-16-5-3-4-6-18(16)22/h3-8,10,12-13H,9,11H2,1-2H3,(H,23,27)(H,24,25,26). The Morgan fingerprint density at radius 2 is 1.89 bits per heavy atom. The first-order valence-corrected chi connectivity index (χ1v) is 8.72. The smallest absolute Gasteiger partial charge is 0.270 e. The minimum Gasteiger partial charge on any atom is -0.350 e. The zero-order valence-corrected chi connectivity index (χ0v) is 15.3. The molecular formula is C21H21FN4O. The van der Waals surface area contributed by atoms with E-state index in [0.717, 1.165) is 11.3 Å². The van der Waals surface area contributed by atoms with Crippen LogP contribution in [-0.4, -0.2) is 22.4 Å². The minimum atomic E-state index is -0.322. The molecule has 0 aliphatic carbocycles. The van der Waals surface area contributed by atoms with Gasteiger partial charge in [0.2, 0.25) is 5.95 Å². The van der Waals surface area contributed by atoms with E-state index < -0.39 is 0 Å². The molecule has 0 saturated heterocycles. The maximum atomic E-state index is 13.6. The Kier molecular flexibility index (Phi) is 5.76. The third-order valence-corrected chi connectivity index (χ3v) is 4.29. The molecule has 138 valence electrons. The molecule has 2 N–H and O–H groups in total. The van der Waals surface area contributed by atoms with Crippen molar-refractivity contribution in [1.29, 1.82) is 0 Å². The van der Waals surface area contributed by atoms with Crippen molar-refractivity contribution in [3.63, 3.8) is 0 Å². The molecule has 0 fully saturated rings. The molecule has 1 amide bonds. The molecule has 0 atom stereocenters. The Labute approximate surface area is 157 Å². The third-order valence-electron chi connectivity index (χ3n) is 4.29. The summed E-state index contributed by atoms with van der Waals surface area (Å²) in [5.41, 5.74) is 4.03. The van der Waals surface area contributed by atoms with Gasteiger partial charge in [-0.25, -0.2) is 14.4 Å². The van der Waals surface area contributed by atoms with Crippen molar-refractivity contribution in [2.75, 3.05) is 11.9 Å². The number of benzene rings is 2. The second-order valence-corrected chi connectivity index (χ2v) is 6.29. The maximum absolute atomic E-state index is 13.6. The fourth-order valence-corrected chi connectivity index (χ4v) is 2.60. The van der Waals surface area contributed by atoms with E-state index in [4.69, 9.17) is 0 Å². The number of nitrogens with zero attached hydrogens (tertiary/aromatic N) is 2. The highest BCUT2D eigenvalue weighted by Gasteiger charge is 2.09. The van der Waals surface area contributed by atoms with Crippen LogP contribution in [0.15, 0.2) is 54.7 Å². The number of halogens is 1. The monoisotopic (exact) mass is 364 g/mol. The van der Waals surface area contributed by atoms with Crippen LogP contribution < -0.4 is 10.6 Å². The van der Waals surface area contributed by atoms with E-state index in [9.17, 15) is 9.18 Å². The van der Waals surface area contributed by atoms with Crippen LogP contribution in [0.25, 0.3) is 0 Å². The Morgan fingerprint density at radius 1 is 1.07 bits per heavy atom. The molecule has 0 spiro atoms. The van der Waals surface area contributed by atoms with E-state index in [1.807, 2.05) is 32.0 Å². The molecule has 3 aromatic rings.